The molecule has 2 atom stereocenters. The lowest BCUT2D eigenvalue weighted by Gasteiger charge is -2.34. The van der Waals surface area contributed by atoms with Crippen LogP contribution >= 0.6 is 0 Å². The number of hydrogen-bond acceptors (Lipinski definition) is 5. The topological polar surface area (TPSA) is 76.8 Å². The average molecular weight is 347 g/mol. The SMILES string of the molecule is COc1cc(NC2CCN(C(=O)C3CCC(N)C3)CC2)cc(OC)c1. The summed E-state index contributed by atoms with van der Waals surface area (Å²) in [7, 11) is 3.30. The summed E-state index contributed by atoms with van der Waals surface area (Å²) in [6.45, 7) is 1.62. The van der Waals surface area contributed by atoms with E-state index in [1.165, 1.54) is 0 Å². The highest BCUT2D eigenvalue weighted by atomic mass is 16.5. The van der Waals surface area contributed by atoms with Gasteiger partial charge in [-0.2, -0.15) is 0 Å². The zero-order chi connectivity index (χ0) is 17.8. The molecule has 0 aromatic heterocycles. The van der Waals surface area contributed by atoms with Crippen molar-refractivity contribution in [2.75, 3.05) is 32.6 Å². The molecule has 2 aliphatic rings. The van der Waals surface area contributed by atoms with E-state index in [4.69, 9.17) is 15.2 Å². The number of likely N-dealkylation sites (tertiary alicyclic amines) is 1. The molecule has 6 heteroatoms. The Hall–Kier alpha value is -1.95. The van der Waals surface area contributed by atoms with E-state index in [2.05, 4.69) is 5.32 Å². The Bertz CT molecular complexity index is 577. The number of nitrogens with zero attached hydrogens (tertiary/aromatic N) is 1. The molecule has 1 heterocycles. The average Bonchev–Trinajstić information content (AvgIpc) is 3.07. The van der Waals surface area contributed by atoms with Gasteiger partial charge in [-0.05, 0) is 32.1 Å². The highest BCUT2D eigenvalue weighted by Gasteiger charge is 2.32. The smallest absolute Gasteiger partial charge is 0.225 e. The van der Waals surface area contributed by atoms with Crippen molar-refractivity contribution in [1.29, 1.82) is 0 Å². The van der Waals surface area contributed by atoms with Crippen molar-refractivity contribution in [1.82, 2.24) is 4.90 Å². The Kier molecular flexibility index (Phi) is 5.68. The molecule has 2 unspecified atom stereocenters. The fourth-order valence-corrected chi connectivity index (χ4v) is 3.87. The van der Waals surface area contributed by atoms with Gasteiger partial charge in [-0.25, -0.2) is 0 Å². The van der Waals surface area contributed by atoms with Gasteiger partial charge in [-0.3, -0.25) is 4.79 Å². The number of amides is 1. The molecule has 1 aromatic carbocycles. The van der Waals surface area contributed by atoms with Gasteiger partial charge in [0, 0.05) is 55.0 Å². The number of ether oxygens (including phenoxy) is 2. The molecule has 0 bridgehead atoms. The number of piperidine rings is 1. The molecule has 0 radical (unpaired) electrons. The minimum absolute atomic E-state index is 0.141. The summed E-state index contributed by atoms with van der Waals surface area (Å²) >= 11 is 0. The number of nitrogens with one attached hydrogen (secondary N) is 1. The van der Waals surface area contributed by atoms with Gasteiger partial charge in [0.2, 0.25) is 5.91 Å². The third kappa shape index (κ3) is 4.37. The van der Waals surface area contributed by atoms with Crippen molar-refractivity contribution >= 4 is 11.6 Å². The fourth-order valence-electron chi connectivity index (χ4n) is 3.87. The molecule has 1 amide bonds. The van der Waals surface area contributed by atoms with Crippen LogP contribution in [0.2, 0.25) is 0 Å². The fraction of sp³-hybridized carbons (Fsp3) is 0.632. The van der Waals surface area contributed by atoms with E-state index in [0.29, 0.717) is 11.9 Å². The maximum absolute atomic E-state index is 12.6. The summed E-state index contributed by atoms with van der Waals surface area (Å²) in [6.07, 6.45) is 4.67. The number of methoxy groups -OCH3 is 2. The van der Waals surface area contributed by atoms with Crippen LogP contribution in [0.25, 0.3) is 0 Å². The molecule has 3 N–H and O–H groups in total. The Labute approximate surface area is 149 Å². The van der Waals surface area contributed by atoms with Crippen LogP contribution in [0.4, 0.5) is 5.69 Å². The Morgan fingerprint density at radius 1 is 1.08 bits per heavy atom. The minimum atomic E-state index is 0.141. The molecule has 2 fully saturated rings. The van der Waals surface area contributed by atoms with Crippen molar-refractivity contribution < 1.29 is 14.3 Å². The number of hydrogen-bond donors (Lipinski definition) is 2. The summed E-state index contributed by atoms with van der Waals surface area (Å²) in [6, 6.07) is 6.36. The molecular formula is C19H29N3O3. The quantitative estimate of drug-likeness (QED) is 0.854. The highest BCUT2D eigenvalue weighted by Crippen LogP contribution is 2.29. The van der Waals surface area contributed by atoms with Crippen LogP contribution in [-0.2, 0) is 4.79 Å². The lowest BCUT2D eigenvalue weighted by atomic mass is 10.0. The molecule has 1 aliphatic heterocycles. The number of carbonyl (C=O) groups is 1. The summed E-state index contributed by atoms with van der Waals surface area (Å²) < 4.78 is 10.6. The molecule has 25 heavy (non-hydrogen) atoms. The van der Waals surface area contributed by atoms with E-state index in [-0.39, 0.29) is 12.0 Å². The Morgan fingerprint density at radius 2 is 1.72 bits per heavy atom. The second-order valence-corrected chi connectivity index (χ2v) is 7.12. The van der Waals surface area contributed by atoms with Gasteiger partial charge < -0.3 is 25.4 Å². The van der Waals surface area contributed by atoms with E-state index in [1.54, 1.807) is 14.2 Å². The lowest BCUT2D eigenvalue weighted by Crippen LogP contribution is -2.44. The van der Waals surface area contributed by atoms with Gasteiger partial charge >= 0.3 is 0 Å². The van der Waals surface area contributed by atoms with Crippen molar-refractivity contribution in [3.05, 3.63) is 18.2 Å². The molecule has 3 rings (SSSR count). The number of rotatable bonds is 5. The third-order valence-electron chi connectivity index (χ3n) is 5.35. The van der Waals surface area contributed by atoms with Crippen molar-refractivity contribution in [3.8, 4) is 11.5 Å². The van der Waals surface area contributed by atoms with Gasteiger partial charge in [-0.15, -0.1) is 0 Å². The number of anilines is 1. The third-order valence-corrected chi connectivity index (χ3v) is 5.35. The number of benzene rings is 1. The Balaban J connectivity index is 1.53. The van der Waals surface area contributed by atoms with Crippen molar-refractivity contribution in [3.63, 3.8) is 0 Å². The minimum Gasteiger partial charge on any atom is -0.497 e. The first-order chi connectivity index (χ1) is 12.1. The first kappa shape index (κ1) is 17.9. The zero-order valence-corrected chi connectivity index (χ0v) is 15.2. The predicted octanol–water partition coefficient (Wildman–Crippen LogP) is 2.23. The van der Waals surface area contributed by atoms with Gasteiger partial charge in [0.25, 0.3) is 0 Å². The van der Waals surface area contributed by atoms with Crippen molar-refractivity contribution in [2.45, 2.75) is 44.2 Å². The summed E-state index contributed by atoms with van der Waals surface area (Å²) in [5, 5.41) is 3.55. The lowest BCUT2D eigenvalue weighted by molar-refractivity contribution is -0.136. The molecule has 1 saturated heterocycles. The van der Waals surface area contributed by atoms with E-state index in [0.717, 1.165) is 62.4 Å². The van der Waals surface area contributed by atoms with E-state index in [9.17, 15) is 4.79 Å². The number of carbonyl (C=O) groups excluding carboxylic acids is 1. The van der Waals surface area contributed by atoms with Crippen LogP contribution < -0.4 is 20.5 Å². The van der Waals surface area contributed by atoms with Crippen LogP contribution in [0, 0.1) is 5.92 Å². The van der Waals surface area contributed by atoms with Crippen LogP contribution in [0.1, 0.15) is 32.1 Å². The Morgan fingerprint density at radius 3 is 2.24 bits per heavy atom. The first-order valence-corrected chi connectivity index (χ1v) is 9.13. The van der Waals surface area contributed by atoms with Gasteiger partial charge in [0.15, 0.2) is 0 Å². The largest absolute Gasteiger partial charge is 0.497 e. The normalized spacial score (nSPS) is 24.2. The van der Waals surface area contributed by atoms with E-state index in [1.807, 2.05) is 23.1 Å². The van der Waals surface area contributed by atoms with Crippen molar-refractivity contribution in [2.24, 2.45) is 11.7 Å². The predicted molar refractivity (Wildman–Crippen MR) is 98.1 cm³/mol. The van der Waals surface area contributed by atoms with Crippen LogP contribution in [0.5, 0.6) is 11.5 Å². The van der Waals surface area contributed by atoms with Gasteiger partial charge in [-0.1, -0.05) is 0 Å². The number of nitrogens with two attached hydrogens (primary N) is 1. The molecule has 6 nitrogen and oxygen atoms in total. The maximum Gasteiger partial charge on any atom is 0.225 e. The zero-order valence-electron chi connectivity index (χ0n) is 15.2. The van der Waals surface area contributed by atoms with E-state index >= 15 is 0 Å². The molecular weight excluding hydrogens is 318 g/mol. The summed E-state index contributed by atoms with van der Waals surface area (Å²) in [4.78, 5) is 14.6. The monoisotopic (exact) mass is 347 g/mol. The van der Waals surface area contributed by atoms with Crippen LogP contribution in [0.15, 0.2) is 18.2 Å². The molecule has 0 spiro atoms. The summed E-state index contributed by atoms with van der Waals surface area (Å²) in [5.74, 6) is 1.98. The van der Waals surface area contributed by atoms with Crippen LogP contribution in [0.3, 0.4) is 0 Å². The van der Waals surface area contributed by atoms with E-state index < -0.39 is 0 Å². The molecule has 1 aliphatic carbocycles. The van der Waals surface area contributed by atoms with Gasteiger partial charge in [0.1, 0.15) is 11.5 Å². The maximum atomic E-state index is 12.6. The second kappa shape index (κ2) is 7.95. The highest BCUT2D eigenvalue weighted by molar-refractivity contribution is 5.79. The molecule has 138 valence electrons. The van der Waals surface area contributed by atoms with Gasteiger partial charge in [0.05, 0.1) is 14.2 Å². The second-order valence-electron chi connectivity index (χ2n) is 7.12. The molecule has 1 aromatic rings. The summed E-state index contributed by atoms with van der Waals surface area (Å²) in [5.41, 5.74) is 6.94. The standard InChI is InChI=1S/C19H29N3O3/c1-24-17-10-16(11-18(12-17)25-2)21-15-5-7-22(8-6-15)19(23)13-3-4-14(20)9-13/h10-15,21H,3-9,20H2,1-2H3. The van der Waals surface area contributed by atoms with Crippen LogP contribution in [-0.4, -0.2) is 50.2 Å². The molecule has 1 saturated carbocycles. The first-order valence-electron chi connectivity index (χ1n) is 9.13.